The molecule has 0 saturated carbocycles. The Morgan fingerprint density at radius 1 is 1.43 bits per heavy atom. The van der Waals surface area contributed by atoms with Crippen LogP contribution in [0.3, 0.4) is 0 Å². The second-order valence-electron chi connectivity index (χ2n) is 2.74. The number of ketones is 1. The predicted octanol–water partition coefficient (Wildman–Crippen LogP) is 0.958. The monoisotopic (exact) mass is 195 g/mol. The van der Waals surface area contributed by atoms with Crippen LogP contribution in [0.2, 0.25) is 0 Å². The summed E-state index contributed by atoms with van der Waals surface area (Å²) in [5.74, 6) is -1.89. The van der Waals surface area contributed by atoms with Gasteiger partial charge in [0.15, 0.2) is 0 Å². The molecule has 1 aromatic rings. The lowest BCUT2D eigenvalue weighted by Gasteiger charge is -1.88. The topological polar surface area (TPSA) is 80.4 Å². The fourth-order valence-electron chi connectivity index (χ4n) is 0.958. The third-order valence-electron chi connectivity index (χ3n) is 1.70. The summed E-state index contributed by atoms with van der Waals surface area (Å²) in [6.07, 6.45) is 2.37. The molecule has 1 aromatic heterocycles. The van der Waals surface area contributed by atoms with E-state index in [1.165, 1.54) is 6.08 Å². The highest BCUT2D eigenvalue weighted by Crippen LogP contribution is 2.13. The summed E-state index contributed by atoms with van der Waals surface area (Å²) >= 11 is 0. The fraction of sp³-hybridized carbons (Fsp3) is 0.222. The van der Waals surface area contributed by atoms with Crippen LogP contribution in [0, 0.1) is 13.8 Å². The summed E-state index contributed by atoms with van der Waals surface area (Å²) < 4.78 is 4.83. The first-order valence-corrected chi connectivity index (χ1v) is 3.90. The van der Waals surface area contributed by atoms with E-state index in [1.54, 1.807) is 13.8 Å². The summed E-state index contributed by atoms with van der Waals surface area (Å²) in [7, 11) is 0. The van der Waals surface area contributed by atoms with E-state index in [0.717, 1.165) is 6.08 Å². The Hall–Kier alpha value is -1.91. The molecule has 0 unspecified atom stereocenters. The highest BCUT2D eigenvalue weighted by atomic mass is 16.5. The van der Waals surface area contributed by atoms with Crippen LogP contribution in [0.1, 0.15) is 17.0 Å². The highest BCUT2D eigenvalue weighted by Gasteiger charge is 2.09. The van der Waals surface area contributed by atoms with Gasteiger partial charge in [-0.3, -0.25) is 4.79 Å². The van der Waals surface area contributed by atoms with Crippen molar-refractivity contribution >= 4 is 17.8 Å². The van der Waals surface area contributed by atoms with E-state index in [4.69, 9.17) is 9.63 Å². The van der Waals surface area contributed by atoms with Gasteiger partial charge in [-0.1, -0.05) is 5.16 Å². The number of carbonyl (C=O) groups excluding carboxylic acids is 1. The van der Waals surface area contributed by atoms with Gasteiger partial charge in [-0.15, -0.1) is 0 Å². The maximum Gasteiger partial charge on any atom is 0.376 e. The number of hydrogen-bond acceptors (Lipinski definition) is 4. The van der Waals surface area contributed by atoms with E-state index < -0.39 is 11.8 Å². The number of rotatable bonds is 3. The van der Waals surface area contributed by atoms with Crippen molar-refractivity contribution in [3.63, 3.8) is 0 Å². The fourth-order valence-corrected chi connectivity index (χ4v) is 0.958. The Morgan fingerprint density at radius 2 is 2.07 bits per heavy atom. The van der Waals surface area contributed by atoms with Crippen LogP contribution in [0.25, 0.3) is 6.08 Å². The van der Waals surface area contributed by atoms with E-state index in [0.29, 0.717) is 17.0 Å². The summed E-state index contributed by atoms with van der Waals surface area (Å²) in [5.41, 5.74) is 1.26. The van der Waals surface area contributed by atoms with Gasteiger partial charge in [-0.25, -0.2) is 4.79 Å². The molecule has 0 radical (unpaired) electrons. The molecule has 5 heteroatoms. The van der Waals surface area contributed by atoms with Gasteiger partial charge in [0.1, 0.15) is 5.76 Å². The first-order valence-electron chi connectivity index (χ1n) is 3.90. The molecule has 5 nitrogen and oxygen atoms in total. The summed E-state index contributed by atoms with van der Waals surface area (Å²) in [4.78, 5) is 20.9. The lowest BCUT2D eigenvalue weighted by atomic mass is 10.2. The standard InChI is InChI=1S/C9H9NO4/c1-5-7(6(2)14-10-5)3-4-8(11)9(12)13/h3-4H,1-2H3,(H,12,13)/b4-3+. The van der Waals surface area contributed by atoms with Gasteiger partial charge in [-0.2, -0.15) is 0 Å². The van der Waals surface area contributed by atoms with Crippen molar-refractivity contribution < 1.29 is 19.2 Å². The number of carboxylic acids is 1. The largest absolute Gasteiger partial charge is 0.475 e. The zero-order valence-electron chi connectivity index (χ0n) is 7.77. The normalized spacial score (nSPS) is 10.7. The lowest BCUT2D eigenvalue weighted by molar-refractivity contribution is -0.146. The molecule has 0 saturated heterocycles. The van der Waals surface area contributed by atoms with Gasteiger partial charge in [0, 0.05) is 5.56 Å². The lowest BCUT2D eigenvalue weighted by Crippen LogP contribution is -2.08. The first-order chi connectivity index (χ1) is 6.52. The maximum absolute atomic E-state index is 10.7. The average molecular weight is 195 g/mol. The maximum atomic E-state index is 10.7. The Labute approximate surface area is 80.0 Å². The summed E-state index contributed by atoms with van der Waals surface area (Å²) in [5, 5.41) is 12.0. The number of aliphatic carboxylic acids is 1. The second kappa shape index (κ2) is 3.87. The third-order valence-corrected chi connectivity index (χ3v) is 1.70. The predicted molar refractivity (Wildman–Crippen MR) is 47.7 cm³/mol. The van der Waals surface area contributed by atoms with Crippen LogP contribution in [-0.2, 0) is 9.59 Å². The van der Waals surface area contributed by atoms with Crippen molar-refractivity contribution in [2.24, 2.45) is 0 Å². The summed E-state index contributed by atoms with van der Waals surface area (Å²) in [6.45, 7) is 3.40. The molecule has 0 fully saturated rings. The van der Waals surface area contributed by atoms with Crippen molar-refractivity contribution in [1.29, 1.82) is 0 Å². The number of carbonyl (C=O) groups is 2. The van der Waals surface area contributed by atoms with Crippen molar-refractivity contribution in [3.05, 3.63) is 23.1 Å². The molecule has 0 atom stereocenters. The van der Waals surface area contributed by atoms with Gasteiger partial charge in [0.2, 0.25) is 0 Å². The molecule has 0 aliphatic carbocycles. The van der Waals surface area contributed by atoms with Crippen LogP contribution in [-0.4, -0.2) is 22.0 Å². The van der Waals surface area contributed by atoms with E-state index >= 15 is 0 Å². The van der Waals surface area contributed by atoms with E-state index in [1.807, 2.05) is 0 Å². The van der Waals surface area contributed by atoms with Gasteiger partial charge in [0.05, 0.1) is 5.69 Å². The number of carboxylic acid groups (broad SMARTS) is 1. The van der Waals surface area contributed by atoms with E-state index in [-0.39, 0.29) is 0 Å². The number of nitrogens with zero attached hydrogens (tertiary/aromatic N) is 1. The number of hydrogen-bond donors (Lipinski definition) is 1. The first kappa shape index (κ1) is 10.2. The second-order valence-corrected chi connectivity index (χ2v) is 2.74. The van der Waals surface area contributed by atoms with Crippen molar-refractivity contribution in [3.8, 4) is 0 Å². The van der Waals surface area contributed by atoms with Crippen molar-refractivity contribution in [2.75, 3.05) is 0 Å². The Bertz CT molecular complexity index is 383. The van der Waals surface area contributed by atoms with Gasteiger partial charge in [-0.05, 0) is 26.0 Å². The van der Waals surface area contributed by atoms with Gasteiger partial charge in [0.25, 0.3) is 5.78 Å². The van der Waals surface area contributed by atoms with Crippen molar-refractivity contribution in [1.82, 2.24) is 5.16 Å². The number of aromatic nitrogens is 1. The molecule has 0 amide bonds. The zero-order valence-corrected chi connectivity index (χ0v) is 7.77. The Morgan fingerprint density at radius 3 is 2.50 bits per heavy atom. The zero-order chi connectivity index (χ0) is 10.7. The van der Waals surface area contributed by atoms with Crippen LogP contribution < -0.4 is 0 Å². The molecular formula is C9H9NO4. The number of aryl methyl sites for hydroxylation is 2. The van der Waals surface area contributed by atoms with Crippen LogP contribution in [0.5, 0.6) is 0 Å². The molecule has 0 aliphatic heterocycles. The molecule has 1 rings (SSSR count). The van der Waals surface area contributed by atoms with E-state index in [9.17, 15) is 9.59 Å². The molecule has 1 heterocycles. The molecule has 0 aliphatic rings. The van der Waals surface area contributed by atoms with Crippen LogP contribution in [0.15, 0.2) is 10.6 Å². The Balaban J connectivity index is 2.88. The van der Waals surface area contributed by atoms with Gasteiger partial charge < -0.3 is 9.63 Å². The third kappa shape index (κ3) is 2.07. The molecular weight excluding hydrogens is 186 g/mol. The van der Waals surface area contributed by atoms with Crippen LogP contribution in [0.4, 0.5) is 0 Å². The highest BCUT2D eigenvalue weighted by molar-refractivity contribution is 6.38. The minimum atomic E-state index is -1.48. The molecule has 0 aromatic carbocycles. The van der Waals surface area contributed by atoms with E-state index in [2.05, 4.69) is 5.16 Å². The SMILES string of the molecule is Cc1noc(C)c1/C=C/C(=O)C(=O)O. The molecule has 14 heavy (non-hydrogen) atoms. The van der Waals surface area contributed by atoms with Crippen molar-refractivity contribution in [2.45, 2.75) is 13.8 Å². The minimum absolute atomic E-state index is 0.553. The Kier molecular flexibility index (Phi) is 2.81. The smallest absolute Gasteiger partial charge is 0.376 e. The molecule has 1 N–H and O–H groups in total. The van der Waals surface area contributed by atoms with Gasteiger partial charge >= 0.3 is 5.97 Å². The summed E-state index contributed by atoms with van der Waals surface area (Å²) in [6, 6.07) is 0. The quantitative estimate of drug-likeness (QED) is 0.573. The minimum Gasteiger partial charge on any atom is -0.475 e. The molecule has 0 spiro atoms. The molecule has 74 valence electrons. The van der Waals surface area contributed by atoms with Crippen LogP contribution >= 0.6 is 0 Å². The average Bonchev–Trinajstić information content (AvgIpc) is 2.43. The molecule has 0 bridgehead atoms.